The maximum absolute atomic E-state index is 13.3. The molecule has 1 aliphatic rings. The Morgan fingerprint density at radius 1 is 1.02 bits per heavy atom. The van der Waals surface area contributed by atoms with Crippen molar-refractivity contribution in [1.29, 1.82) is 0 Å². The monoisotopic (exact) mass is 575 g/mol. The van der Waals surface area contributed by atoms with Crippen molar-refractivity contribution < 1.29 is 29.0 Å². The molecular formula is C31H37N5O6. The van der Waals surface area contributed by atoms with Gasteiger partial charge in [-0.05, 0) is 49.9 Å². The lowest BCUT2D eigenvalue weighted by atomic mass is 9.85. The predicted molar refractivity (Wildman–Crippen MR) is 156 cm³/mol. The quantitative estimate of drug-likeness (QED) is 0.309. The van der Waals surface area contributed by atoms with Crippen LogP contribution in [0.2, 0.25) is 0 Å². The maximum atomic E-state index is 13.3. The minimum atomic E-state index is -1.15. The molecule has 0 radical (unpaired) electrons. The van der Waals surface area contributed by atoms with Crippen LogP contribution < -0.4 is 16.0 Å². The van der Waals surface area contributed by atoms with Gasteiger partial charge < -0.3 is 25.8 Å². The van der Waals surface area contributed by atoms with Gasteiger partial charge in [0.1, 0.15) is 17.9 Å². The van der Waals surface area contributed by atoms with Crippen molar-refractivity contribution in [2.24, 2.45) is 5.73 Å². The third-order valence-electron chi connectivity index (χ3n) is 8.05. The molecule has 11 nitrogen and oxygen atoms in total. The summed E-state index contributed by atoms with van der Waals surface area (Å²) < 4.78 is 6.47. The summed E-state index contributed by atoms with van der Waals surface area (Å²) in [4.78, 5) is 56.8. The van der Waals surface area contributed by atoms with Gasteiger partial charge in [0.15, 0.2) is 0 Å². The van der Waals surface area contributed by atoms with E-state index in [0.29, 0.717) is 31.6 Å². The fraction of sp³-hybridized carbons (Fsp3) is 0.387. The summed E-state index contributed by atoms with van der Waals surface area (Å²) in [5, 5.41) is 12.2. The van der Waals surface area contributed by atoms with Crippen molar-refractivity contribution in [2.45, 2.75) is 56.5 Å². The molecule has 1 aliphatic heterocycles. The SMILES string of the molecule is COC(=O)C1(NC(=O)C(C)c2ccccc2)CCN(c2cccc(C(C)C(=O)n3cncc3CC(N)C(=O)O)c2)CC1. The van der Waals surface area contributed by atoms with Crippen molar-refractivity contribution in [2.75, 3.05) is 25.1 Å². The zero-order valence-corrected chi connectivity index (χ0v) is 24.0. The standard InChI is InChI=1S/C31H37N5O6/c1-20(22-8-5-4-6-9-22)27(37)34-31(30(41)42-3)12-14-35(15-13-31)24-11-7-10-23(16-24)21(2)28(38)36-19-33-18-25(36)17-26(32)29(39)40/h4-11,16,18-21,26H,12-15,17,32H2,1-3H3,(H,34,37)(H,39,40). The molecule has 1 aromatic heterocycles. The van der Waals surface area contributed by atoms with Crippen LogP contribution >= 0.6 is 0 Å². The van der Waals surface area contributed by atoms with Gasteiger partial charge in [-0.15, -0.1) is 0 Å². The second-order valence-electron chi connectivity index (χ2n) is 10.7. The summed E-state index contributed by atoms with van der Waals surface area (Å²) in [5.41, 5.74) is 7.48. The Morgan fingerprint density at radius 3 is 2.33 bits per heavy atom. The number of aromatic nitrogens is 2. The van der Waals surface area contributed by atoms with Crippen LogP contribution in [0.5, 0.6) is 0 Å². The first-order chi connectivity index (χ1) is 20.1. The summed E-state index contributed by atoms with van der Waals surface area (Å²) in [6, 6.07) is 15.9. The molecule has 1 saturated heterocycles. The number of nitrogens with two attached hydrogens (primary N) is 1. The molecular weight excluding hydrogens is 538 g/mol. The molecule has 2 aromatic carbocycles. The summed E-state index contributed by atoms with van der Waals surface area (Å²) in [5.74, 6) is -3.09. The molecule has 4 N–H and O–H groups in total. The Labute approximate surface area is 244 Å². The smallest absolute Gasteiger partial charge is 0.331 e. The summed E-state index contributed by atoms with van der Waals surface area (Å²) in [7, 11) is 1.33. The molecule has 3 unspecified atom stereocenters. The lowest BCUT2D eigenvalue weighted by molar-refractivity contribution is -0.152. The van der Waals surface area contributed by atoms with Crippen molar-refractivity contribution >= 4 is 29.4 Å². The minimum absolute atomic E-state index is 0.0236. The van der Waals surface area contributed by atoms with Crippen molar-refractivity contribution in [1.82, 2.24) is 14.9 Å². The number of rotatable bonds is 10. The number of amides is 1. The Hall–Kier alpha value is -4.51. The number of esters is 1. The zero-order valence-electron chi connectivity index (χ0n) is 24.0. The number of nitrogens with one attached hydrogen (secondary N) is 1. The number of ether oxygens (including phenoxy) is 1. The fourth-order valence-electron chi connectivity index (χ4n) is 5.29. The molecule has 0 saturated carbocycles. The molecule has 4 rings (SSSR count). The van der Waals surface area contributed by atoms with E-state index in [2.05, 4.69) is 15.2 Å². The van der Waals surface area contributed by atoms with Gasteiger partial charge in [0.25, 0.3) is 0 Å². The largest absolute Gasteiger partial charge is 0.480 e. The van der Waals surface area contributed by atoms with Gasteiger partial charge in [0.05, 0.1) is 18.9 Å². The molecule has 11 heteroatoms. The van der Waals surface area contributed by atoms with Crippen LogP contribution in [0.3, 0.4) is 0 Å². The molecule has 3 atom stereocenters. The van der Waals surface area contributed by atoms with Crippen molar-refractivity contribution in [3.63, 3.8) is 0 Å². The van der Waals surface area contributed by atoms with Gasteiger partial charge in [-0.1, -0.05) is 42.5 Å². The van der Waals surface area contributed by atoms with Gasteiger partial charge in [-0.2, -0.15) is 0 Å². The van der Waals surface area contributed by atoms with Crippen LogP contribution in [0.1, 0.15) is 60.1 Å². The Morgan fingerprint density at radius 2 is 1.69 bits per heavy atom. The molecule has 1 amide bonds. The number of carboxylic acids is 1. The third kappa shape index (κ3) is 6.52. The van der Waals surface area contributed by atoms with E-state index in [1.807, 2.05) is 61.5 Å². The van der Waals surface area contributed by atoms with E-state index in [1.165, 1.54) is 24.2 Å². The van der Waals surface area contributed by atoms with Crippen LogP contribution in [-0.4, -0.2) is 70.2 Å². The zero-order chi connectivity index (χ0) is 30.4. The van der Waals surface area contributed by atoms with E-state index in [0.717, 1.165) is 16.8 Å². The minimum Gasteiger partial charge on any atom is -0.480 e. The summed E-state index contributed by atoms with van der Waals surface area (Å²) >= 11 is 0. The van der Waals surface area contributed by atoms with Gasteiger partial charge in [-0.25, -0.2) is 9.78 Å². The average molecular weight is 576 g/mol. The van der Waals surface area contributed by atoms with Crippen LogP contribution in [0.25, 0.3) is 0 Å². The number of aliphatic carboxylic acids is 1. The van der Waals surface area contributed by atoms with Gasteiger partial charge in [0.2, 0.25) is 11.8 Å². The molecule has 1 fully saturated rings. The maximum Gasteiger partial charge on any atom is 0.331 e. The molecule has 0 spiro atoms. The molecule has 0 aliphatic carbocycles. The van der Waals surface area contributed by atoms with E-state index < -0.39 is 35.4 Å². The first-order valence-corrected chi connectivity index (χ1v) is 13.9. The molecule has 2 heterocycles. The number of benzene rings is 2. The van der Waals surface area contributed by atoms with E-state index in [4.69, 9.17) is 15.6 Å². The van der Waals surface area contributed by atoms with Gasteiger partial charge >= 0.3 is 11.9 Å². The van der Waals surface area contributed by atoms with Crippen LogP contribution in [0.4, 0.5) is 5.69 Å². The number of hydrogen-bond acceptors (Lipinski definition) is 8. The number of methoxy groups -OCH3 is 1. The van der Waals surface area contributed by atoms with Crippen LogP contribution in [0, 0.1) is 0 Å². The lowest BCUT2D eigenvalue weighted by Crippen LogP contribution is -2.61. The van der Waals surface area contributed by atoms with Gasteiger partial charge in [0, 0.05) is 37.1 Å². The summed E-state index contributed by atoms with van der Waals surface area (Å²) in [6.45, 7) is 4.56. The highest BCUT2D eigenvalue weighted by molar-refractivity contribution is 5.91. The Balaban J connectivity index is 1.46. The lowest BCUT2D eigenvalue weighted by Gasteiger charge is -2.41. The predicted octanol–water partition coefficient (Wildman–Crippen LogP) is 2.71. The molecule has 0 bridgehead atoms. The average Bonchev–Trinajstić information content (AvgIpc) is 3.48. The highest BCUT2D eigenvalue weighted by Crippen LogP contribution is 2.31. The highest BCUT2D eigenvalue weighted by Gasteiger charge is 2.44. The number of hydrogen-bond donors (Lipinski definition) is 3. The number of piperidine rings is 1. The van der Waals surface area contributed by atoms with Gasteiger partial charge in [-0.3, -0.25) is 19.0 Å². The van der Waals surface area contributed by atoms with E-state index >= 15 is 0 Å². The topological polar surface area (TPSA) is 157 Å². The van der Waals surface area contributed by atoms with Crippen molar-refractivity contribution in [3.8, 4) is 0 Å². The molecule has 222 valence electrons. The normalized spacial score (nSPS) is 16.6. The van der Waals surface area contributed by atoms with E-state index in [1.54, 1.807) is 6.92 Å². The number of carboxylic acid groups (broad SMARTS) is 1. The third-order valence-corrected chi connectivity index (χ3v) is 8.05. The van der Waals surface area contributed by atoms with Crippen LogP contribution in [0.15, 0.2) is 67.1 Å². The van der Waals surface area contributed by atoms with E-state index in [-0.39, 0.29) is 18.2 Å². The number of carbonyl (C=O) groups excluding carboxylic acids is 3. The summed E-state index contributed by atoms with van der Waals surface area (Å²) in [6.07, 6.45) is 3.51. The van der Waals surface area contributed by atoms with Crippen LogP contribution in [-0.2, 0) is 25.5 Å². The van der Waals surface area contributed by atoms with E-state index in [9.17, 15) is 19.2 Å². The second kappa shape index (κ2) is 13.0. The number of nitrogens with zero attached hydrogens (tertiary/aromatic N) is 3. The second-order valence-corrected chi connectivity index (χ2v) is 10.7. The first-order valence-electron chi connectivity index (χ1n) is 13.9. The first kappa shape index (κ1) is 30.4. The fourth-order valence-corrected chi connectivity index (χ4v) is 5.29. The Kier molecular flexibility index (Phi) is 9.41. The number of anilines is 1. The highest BCUT2D eigenvalue weighted by atomic mass is 16.5. The number of imidazole rings is 1. The Bertz CT molecular complexity index is 1430. The molecule has 3 aromatic rings. The van der Waals surface area contributed by atoms with Crippen molar-refractivity contribution in [3.05, 3.63) is 83.9 Å². The molecule has 42 heavy (non-hydrogen) atoms. The number of carbonyl (C=O) groups is 4.